The van der Waals surface area contributed by atoms with Crippen LogP contribution in [0.1, 0.15) is 39.6 Å². The molecule has 4 rings (SSSR count). The Labute approximate surface area is 181 Å². The van der Waals surface area contributed by atoms with E-state index in [1.165, 1.54) is 0 Å². The molecule has 4 amide bonds. The number of hydrogen-bond donors (Lipinski definition) is 0. The Morgan fingerprint density at radius 3 is 1.87 bits per heavy atom. The number of imide groups is 1. The molecule has 0 saturated carbocycles. The highest BCUT2D eigenvalue weighted by Gasteiger charge is 2.44. The third-order valence-electron chi connectivity index (χ3n) is 5.94. The van der Waals surface area contributed by atoms with Gasteiger partial charge in [-0.2, -0.15) is 0 Å². The molecule has 0 spiro atoms. The molecule has 2 aliphatic heterocycles. The third kappa shape index (κ3) is 3.95. The summed E-state index contributed by atoms with van der Waals surface area (Å²) in [6.45, 7) is 3.51. The quantitative estimate of drug-likeness (QED) is 0.695. The first-order valence-electron chi connectivity index (χ1n) is 10.6. The van der Waals surface area contributed by atoms with Crippen LogP contribution in [0.25, 0.3) is 0 Å². The van der Waals surface area contributed by atoms with Crippen molar-refractivity contribution in [3.8, 4) is 0 Å². The Hall–Kier alpha value is -3.48. The Bertz CT molecular complexity index is 977. The number of amides is 4. The van der Waals surface area contributed by atoms with Gasteiger partial charge in [-0.05, 0) is 17.7 Å². The van der Waals surface area contributed by atoms with E-state index in [0.717, 1.165) is 10.5 Å². The molecule has 1 unspecified atom stereocenters. The maximum Gasteiger partial charge on any atom is 0.262 e. The summed E-state index contributed by atoms with van der Waals surface area (Å²) >= 11 is 0. The van der Waals surface area contributed by atoms with Crippen molar-refractivity contribution in [3.05, 3.63) is 71.3 Å². The number of carbonyl (C=O) groups excluding carboxylic acids is 4. The number of benzene rings is 2. The molecule has 0 radical (unpaired) electrons. The maximum absolute atomic E-state index is 13.6. The monoisotopic (exact) mass is 419 g/mol. The zero-order valence-corrected chi connectivity index (χ0v) is 17.5. The lowest BCUT2D eigenvalue weighted by Gasteiger charge is -2.37. The molecule has 2 heterocycles. The second kappa shape index (κ2) is 8.71. The standard InChI is InChI=1S/C24H25N3O4/c1-2-21(28)25-12-14-26(15-13-25)24(31)20(16-17-8-4-3-5-9-17)27-22(29)18-10-6-7-11-19(18)23(27)30/h3-11,20H,2,12-16H2,1H3. The number of rotatable bonds is 5. The normalized spacial score (nSPS) is 17.0. The van der Waals surface area contributed by atoms with Crippen molar-refractivity contribution >= 4 is 23.6 Å². The second-order valence-electron chi connectivity index (χ2n) is 7.79. The highest BCUT2D eigenvalue weighted by Crippen LogP contribution is 2.27. The van der Waals surface area contributed by atoms with E-state index >= 15 is 0 Å². The minimum atomic E-state index is -0.928. The molecule has 160 valence electrons. The molecule has 0 aromatic heterocycles. The van der Waals surface area contributed by atoms with Crippen LogP contribution >= 0.6 is 0 Å². The van der Waals surface area contributed by atoms with Crippen molar-refractivity contribution in [2.24, 2.45) is 0 Å². The molecule has 2 aromatic rings. The number of nitrogens with zero attached hydrogens (tertiary/aromatic N) is 3. The van der Waals surface area contributed by atoms with Crippen LogP contribution in [0.3, 0.4) is 0 Å². The van der Waals surface area contributed by atoms with Crippen molar-refractivity contribution in [1.82, 2.24) is 14.7 Å². The molecule has 1 fully saturated rings. The van der Waals surface area contributed by atoms with Gasteiger partial charge in [0, 0.05) is 39.0 Å². The maximum atomic E-state index is 13.6. The third-order valence-corrected chi connectivity index (χ3v) is 5.94. The Kier molecular flexibility index (Phi) is 5.84. The number of piperazine rings is 1. The zero-order chi connectivity index (χ0) is 22.0. The van der Waals surface area contributed by atoms with Gasteiger partial charge >= 0.3 is 0 Å². The first-order valence-corrected chi connectivity index (χ1v) is 10.6. The summed E-state index contributed by atoms with van der Waals surface area (Å²) in [4.78, 5) is 56.2. The van der Waals surface area contributed by atoms with Gasteiger partial charge in [-0.1, -0.05) is 49.4 Å². The first kappa shape index (κ1) is 20.8. The molecule has 31 heavy (non-hydrogen) atoms. The number of carbonyl (C=O) groups is 4. The van der Waals surface area contributed by atoms with E-state index < -0.39 is 17.9 Å². The van der Waals surface area contributed by atoms with Crippen LogP contribution in [0, 0.1) is 0 Å². The second-order valence-corrected chi connectivity index (χ2v) is 7.79. The summed E-state index contributed by atoms with van der Waals surface area (Å²) in [7, 11) is 0. The van der Waals surface area contributed by atoms with Gasteiger partial charge < -0.3 is 9.80 Å². The van der Waals surface area contributed by atoms with Crippen molar-refractivity contribution in [2.45, 2.75) is 25.8 Å². The van der Waals surface area contributed by atoms with Crippen LogP contribution in [0.2, 0.25) is 0 Å². The summed E-state index contributed by atoms with van der Waals surface area (Å²) in [5.41, 5.74) is 1.53. The summed E-state index contributed by atoms with van der Waals surface area (Å²) in [6, 6.07) is 15.1. The van der Waals surface area contributed by atoms with Crippen molar-refractivity contribution in [2.75, 3.05) is 26.2 Å². The van der Waals surface area contributed by atoms with Gasteiger partial charge in [0.2, 0.25) is 11.8 Å². The van der Waals surface area contributed by atoms with Gasteiger partial charge in [-0.25, -0.2) is 0 Å². The number of fused-ring (bicyclic) bond motifs is 1. The van der Waals surface area contributed by atoms with Gasteiger partial charge in [-0.3, -0.25) is 24.1 Å². The molecule has 0 bridgehead atoms. The van der Waals surface area contributed by atoms with Gasteiger partial charge in [0.1, 0.15) is 6.04 Å². The molecule has 7 nitrogen and oxygen atoms in total. The predicted molar refractivity (Wildman–Crippen MR) is 114 cm³/mol. The van der Waals surface area contributed by atoms with Crippen LogP contribution in [0.15, 0.2) is 54.6 Å². The van der Waals surface area contributed by atoms with E-state index in [9.17, 15) is 19.2 Å². The lowest BCUT2D eigenvalue weighted by Crippen LogP contribution is -2.57. The average molecular weight is 419 g/mol. The van der Waals surface area contributed by atoms with Crippen LogP contribution in [-0.4, -0.2) is 70.5 Å². The Morgan fingerprint density at radius 1 is 0.806 bits per heavy atom. The topological polar surface area (TPSA) is 78.0 Å². The molecule has 7 heteroatoms. The average Bonchev–Trinajstić information content (AvgIpc) is 3.07. The summed E-state index contributed by atoms with van der Waals surface area (Å²) < 4.78 is 0. The molecular weight excluding hydrogens is 394 g/mol. The van der Waals surface area contributed by atoms with Crippen molar-refractivity contribution in [3.63, 3.8) is 0 Å². The van der Waals surface area contributed by atoms with E-state index in [1.54, 1.807) is 34.1 Å². The van der Waals surface area contributed by atoms with Crippen molar-refractivity contribution < 1.29 is 19.2 Å². The fraction of sp³-hybridized carbons (Fsp3) is 0.333. The van der Waals surface area contributed by atoms with E-state index in [2.05, 4.69) is 0 Å². The number of hydrogen-bond acceptors (Lipinski definition) is 4. The zero-order valence-electron chi connectivity index (χ0n) is 17.5. The molecule has 2 aromatic carbocycles. The molecule has 1 atom stereocenters. The molecule has 0 N–H and O–H groups in total. The van der Waals surface area contributed by atoms with Crippen LogP contribution in [-0.2, 0) is 16.0 Å². The van der Waals surface area contributed by atoms with E-state index in [4.69, 9.17) is 0 Å². The fourth-order valence-corrected chi connectivity index (χ4v) is 4.23. The lowest BCUT2D eigenvalue weighted by molar-refractivity contribution is -0.141. The minimum absolute atomic E-state index is 0.0632. The van der Waals surface area contributed by atoms with Gasteiger partial charge in [-0.15, -0.1) is 0 Å². The van der Waals surface area contributed by atoms with E-state index in [0.29, 0.717) is 43.7 Å². The summed E-state index contributed by atoms with van der Waals surface area (Å²) in [5.74, 6) is -1.07. The van der Waals surface area contributed by atoms with Gasteiger partial charge in [0.25, 0.3) is 11.8 Å². The Balaban J connectivity index is 1.60. The fourth-order valence-electron chi connectivity index (χ4n) is 4.23. The van der Waals surface area contributed by atoms with Crippen LogP contribution in [0.5, 0.6) is 0 Å². The SMILES string of the molecule is CCC(=O)N1CCN(C(=O)C(Cc2ccccc2)N2C(=O)c3ccccc3C2=O)CC1. The molecule has 0 aliphatic carbocycles. The minimum Gasteiger partial charge on any atom is -0.339 e. The predicted octanol–water partition coefficient (Wildman–Crippen LogP) is 1.97. The first-order chi connectivity index (χ1) is 15.0. The Morgan fingerprint density at radius 2 is 1.32 bits per heavy atom. The molecule has 2 aliphatic rings. The molecule has 1 saturated heterocycles. The van der Waals surface area contributed by atoms with Crippen molar-refractivity contribution in [1.29, 1.82) is 0 Å². The highest BCUT2D eigenvalue weighted by atomic mass is 16.2. The van der Waals surface area contributed by atoms with Gasteiger partial charge in [0.05, 0.1) is 11.1 Å². The van der Waals surface area contributed by atoms with Crippen LogP contribution < -0.4 is 0 Å². The van der Waals surface area contributed by atoms with Gasteiger partial charge in [0.15, 0.2) is 0 Å². The van der Waals surface area contributed by atoms with E-state index in [1.807, 2.05) is 37.3 Å². The van der Waals surface area contributed by atoms with E-state index in [-0.39, 0.29) is 18.2 Å². The van der Waals surface area contributed by atoms with Crippen LogP contribution in [0.4, 0.5) is 0 Å². The largest absolute Gasteiger partial charge is 0.339 e. The highest BCUT2D eigenvalue weighted by molar-refractivity contribution is 6.22. The lowest BCUT2D eigenvalue weighted by atomic mass is 10.0. The summed E-state index contributed by atoms with van der Waals surface area (Å²) in [6.07, 6.45) is 0.679. The smallest absolute Gasteiger partial charge is 0.262 e. The molecular formula is C24H25N3O4. The summed E-state index contributed by atoms with van der Waals surface area (Å²) in [5, 5.41) is 0.